The van der Waals surface area contributed by atoms with Crippen LogP contribution in [0.2, 0.25) is 0 Å². The lowest BCUT2D eigenvalue weighted by atomic mass is 9.87. The van der Waals surface area contributed by atoms with Crippen LogP contribution < -0.4 is 0 Å². The molecule has 0 N–H and O–H groups in total. The van der Waals surface area contributed by atoms with Crippen LogP contribution in [0.3, 0.4) is 0 Å². The third-order valence-electron chi connectivity index (χ3n) is 3.53. The van der Waals surface area contributed by atoms with Crippen molar-refractivity contribution in [3.05, 3.63) is 0 Å². The van der Waals surface area contributed by atoms with Crippen LogP contribution >= 0.6 is 0 Å². The maximum atomic E-state index is 11.7. The number of hydrogen-bond acceptors (Lipinski definition) is 2. The van der Waals surface area contributed by atoms with Gasteiger partial charge in [0.15, 0.2) is 0 Å². The van der Waals surface area contributed by atoms with Gasteiger partial charge in [-0.05, 0) is 19.8 Å². The van der Waals surface area contributed by atoms with Crippen molar-refractivity contribution >= 4 is 11.8 Å². The molecule has 0 aliphatic carbocycles. The Bertz CT molecular complexity index is 262. The molecule has 0 rings (SSSR count). The van der Waals surface area contributed by atoms with Crippen molar-refractivity contribution in [2.75, 3.05) is 0 Å². The fourth-order valence-electron chi connectivity index (χ4n) is 2.80. The van der Waals surface area contributed by atoms with Gasteiger partial charge in [0, 0.05) is 19.4 Å². The maximum absolute atomic E-state index is 11.7. The predicted octanol–water partition coefficient (Wildman–Crippen LogP) is 3.91. The smallest absolute Gasteiger partial charge is 0.226 e. The van der Waals surface area contributed by atoms with E-state index in [9.17, 15) is 9.59 Å². The Kier molecular flexibility index (Phi) is 7.88. The van der Waals surface area contributed by atoms with Gasteiger partial charge in [-0.25, -0.2) is 0 Å². The number of carbonyl (C=O) groups is 2. The minimum atomic E-state index is -0.305. The van der Waals surface area contributed by atoms with Crippen LogP contribution in [-0.2, 0) is 9.59 Å². The highest BCUT2D eigenvalue weighted by Gasteiger charge is 2.35. The van der Waals surface area contributed by atoms with E-state index < -0.39 is 0 Å². The molecule has 0 heterocycles. The zero-order valence-electron chi connectivity index (χ0n) is 12.7. The molecule has 0 spiro atoms. The Morgan fingerprint density at radius 1 is 0.889 bits per heavy atom. The zero-order chi connectivity index (χ0) is 14.2. The van der Waals surface area contributed by atoms with Crippen LogP contribution in [0.15, 0.2) is 0 Å². The summed E-state index contributed by atoms with van der Waals surface area (Å²) in [5, 5.41) is 0. The normalized spacial score (nSPS) is 14.1. The number of imide groups is 1. The van der Waals surface area contributed by atoms with Gasteiger partial charge in [-0.3, -0.25) is 14.5 Å². The Morgan fingerprint density at radius 2 is 1.44 bits per heavy atom. The van der Waals surface area contributed by atoms with Crippen molar-refractivity contribution in [2.24, 2.45) is 0 Å². The van der Waals surface area contributed by atoms with Gasteiger partial charge in [-0.1, -0.05) is 46.0 Å². The highest BCUT2D eigenvalue weighted by Crippen LogP contribution is 2.28. The van der Waals surface area contributed by atoms with E-state index in [2.05, 4.69) is 13.8 Å². The lowest BCUT2D eigenvalue weighted by Crippen LogP contribution is -2.51. The summed E-state index contributed by atoms with van der Waals surface area (Å²) in [5.74, 6) is -0.261. The van der Waals surface area contributed by atoms with Gasteiger partial charge in [-0.15, -0.1) is 0 Å². The number of carbonyl (C=O) groups excluding carboxylic acids is 2. The molecule has 0 aromatic heterocycles. The first-order valence-corrected chi connectivity index (χ1v) is 7.20. The molecule has 0 radical (unpaired) electrons. The number of nitrogens with zero attached hydrogens (tertiary/aromatic N) is 1. The fourth-order valence-corrected chi connectivity index (χ4v) is 2.80. The van der Waals surface area contributed by atoms with Crippen molar-refractivity contribution in [3.63, 3.8) is 0 Å². The minimum Gasteiger partial charge on any atom is -0.277 e. The van der Waals surface area contributed by atoms with Crippen LogP contribution in [-0.4, -0.2) is 22.3 Å². The molecule has 0 saturated heterocycles. The zero-order valence-corrected chi connectivity index (χ0v) is 12.7. The van der Waals surface area contributed by atoms with E-state index in [1.54, 1.807) is 0 Å². The monoisotopic (exact) mass is 255 g/mol. The molecule has 0 aromatic carbocycles. The summed E-state index contributed by atoms with van der Waals surface area (Å²) in [4.78, 5) is 24.9. The molecule has 0 bridgehead atoms. The third kappa shape index (κ3) is 5.19. The molecule has 2 amide bonds. The summed E-state index contributed by atoms with van der Waals surface area (Å²) in [6.07, 6.45) is 7.48. The Labute approximate surface area is 112 Å². The van der Waals surface area contributed by atoms with Crippen LogP contribution in [0, 0.1) is 0 Å². The van der Waals surface area contributed by atoms with Gasteiger partial charge in [0.1, 0.15) is 0 Å². The second kappa shape index (κ2) is 8.28. The summed E-state index contributed by atoms with van der Waals surface area (Å²) in [5.41, 5.74) is -0.305. The van der Waals surface area contributed by atoms with E-state index in [0.717, 1.165) is 25.7 Å². The molecule has 106 valence electrons. The van der Waals surface area contributed by atoms with Crippen molar-refractivity contribution in [2.45, 2.75) is 85.1 Å². The van der Waals surface area contributed by atoms with Gasteiger partial charge in [0.05, 0.1) is 0 Å². The lowest BCUT2D eigenvalue weighted by molar-refractivity contribution is -0.149. The first-order chi connectivity index (χ1) is 8.39. The fraction of sp³-hybridized carbons (Fsp3) is 0.867. The van der Waals surface area contributed by atoms with Crippen LogP contribution in [0.1, 0.15) is 79.6 Å². The number of rotatable bonds is 8. The van der Waals surface area contributed by atoms with Gasteiger partial charge >= 0.3 is 0 Å². The van der Waals surface area contributed by atoms with Crippen LogP contribution in [0.4, 0.5) is 0 Å². The molecule has 0 aromatic rings. The second-order valence-corrected chi connectivity index (χ2v) is 5.43. The van der Waals surface area contributed by atoms with Crippen molar-refractivity contribution in [1.82, 2.24) is 4.90 Å². The molecule has 3 heteroatoms. The maximum Gasteiger partial charge on any atom is 0.226 e. The average molecular weight is 255 g/mol. The summed E-state index contributed by atoms with van der Waals surface area (Å²) in [6.45, 7) is 9.30. The Balaban J connectivity index is 4.75. The summed E-state index contributed by atoms with van der Waals surface area (Å²) < 4.78 is 0. The highest BCUT2D eigenvalue weighted by molar-refractivity contribution is 5.93. The minimum absolute atomic E-state index is 0.131. The van der Waals surface area contributed by atoms with Crippen molar-refractivity contribution < 1.29 is 9.59 Å². The topological polar surface area (TPSA) is 37.4 Å². The molecule has 1 unspecified atom stereocenters. The molecule has 0 aliphatic heterocycles. The molecular weight excluding hydrogens is 226 g/mol. The summed E-state index contributed by atoms with van der Waals surface area (Å²) in [6, 6.07) is 0. The van der Waals surface area contributed by atoms with E-state index >= 15 is 0 Å². The van der Waals surface area contributed by atoms with Gasteiger partial charge < -0.3 is 0 Å². The Hall–Kier alpha value is -0.860. The first-order valence-electron chi connectivity index (χ1n) is 7.20. The standard InChI is InChI=1S/C15H29NO2/c1-6-8-9-10-12-15(5,11-7-2)16(13(3)17)14(4)18/h6-12H2,1-5H3. The SMILES string of the molecule is CCCCCCC(C)(CCC)N(C(C)=O)C(C)=O. The van der Waals surface area contributed by atoms with E-state index in [1.165, 1.54) is 38.0 Å². The molecule has 0 aliphatic rings. The van der Waals surface area contributed by atoms with Gasteiger partial charge in [0.2, 0.25) is 11.8 Å². The first kappa shape index (κ1) is 17.1. The van der Waals surface area contributed by atoms with Crippen molar-refractivity contribution in [1.29, 1.82) is 0 Å². The molecule has 0 fully saturated rings. The van der Waals surface area contributed by atoms with Crippen LogP contribution in [0.5, 0.6) is 0 Å². The van der Waals surface area contributed by atoms with E-state index in [1.807, 2.05) is 6.92 Å². The molecule has 3 nitrogen and oxygen atoms in total. The molecule has 0 saturated carbocycles. The highest BCUT2D eigenvalue weighted by atomic mass is 16.2. The van der Waals surface area contributed by atoms with Crippen LogP contribution in [0.25, 0.3) is 0 Å². The van der Waals surface area contributed by atoms with Gasteiger partial charge in [0.25, 0.3) is 0 Å². The van der Waals surface area contributed by atoms with E-state index in [-0.39, 0.29) is 17.4 Å². The summed E-state index contributed by atoms with van der Waals surface area (Å²) in [7, 11) is 0. The van der Waals surface area contributed by atoms with E-state index in [0.29, 0.717) is 0 Å². The Morgan fingerprint density at radius 3 is 1.83 bits per heavy atom. The summed E-state index contributed by atoms with van der Waals surface area (Å²) >= 11 is 0. The molecule has 1 atom stereocenters. The number of amides is 2. The third-order valence-corrected chi connectivity index (χ3v) is 3.53. The molecular formula is C15H29NO2. The van der Waals surface area contributed by atoms with E-state index in [4.69, 9.17) is 0 Å². The number of hydrogen-bond donors (Lipinski definition) is 0. The quantitative estimate of drug-likeness (QED) is 0.617. The number of unbranched alkanes of at least 4 members (excludes halogenated alkanes) is 3. The van der Waals surface area contributed by atoms with Gasteiger partial charge in [-0.2, -0.15) is 0 Å². The lowest BCUT2D eigenvalue weighted by Gasteiger charge is -2.39. The largest absolute Gasteiger partial charge is 0.277 e. The average Bonchev–Trinajstić information content (AvgIpc) is 2.23. The molecule has 18 heavy (non-hydrogen) atoms. The second-order valence-electron chi connectivity index (χ2n) is 5.43. The predicted molar refractivity (Wildman–Crippen MR) is 75.3 cm³/mol. The van der Waals surface area contributed by atoms with Crippen molar-refractivity contribution in [3.8, 4) is 0 Å².